The number of carbonyl (C=O) groups is 3. The summed E-state index contributed by atoms with van der Waals surface area (Å²) in [6.45, 7) is 11.3. The van der Waals surface area contributed by atoms with Crippen molar-refractivity contribution in [2.45, 2.75) is 278 Å². The second-order valence-corrected chi connectivity index (χ2v) is 18.1. The second-order valence-electron chi connectivity index (χ2n) is 18.1. The van der Waals surface area contributed by atoms with Crippen molar-refractivity contribution in [3.05, 3.63) is 0 Å². The van der Waals surface area contributed by atoms with E-state index in [9.17, 15) is 14.4 Å². The summed E-state index contributed by atoms with van der Waals surface area (Å²) >= 11 is 0. The van der Waals surface area contributed by atoms with Crippen molar-refractivity contribution >= 4 is 17.9 Å². The minimum Gasteiger partial charge on any atom is -0.462 e. The van der Waals surface area contributed by atoms with Crippen LogP contribution in [-0.2, 0) is 28.6 Å². The van der Waals surface area contributed by atoms with Crippen LogP contribution in [0.4, 0.5) is 0 Å². The maximum atomic E-state index is 12.7. The molecular weight excluding hydrogens is 697 g/mol. The second kappa shape index (κ2) is 43.0. The van der Waals surface area contributed by atoms with E-state index >= 15 is 0 Å². The van der Waals surface area contributed by atoms with Crippen molar-refractivity contribution in [1.82, 2.24) is 0 Å². The van der Waals surface area contributed by atoms with Crippen LogP contribution in [0.25, 0.3) is 0 Å². The van der Waals surface area contributed by atoms with Crippen molar-refractivity contribution in [2.24, 2.45) is 11.8 Å². The number of hydrogen-bond acceptors (Lipinski definition) is 6. The Kier molecular flexibility index (Phi) is 41.8. The highest BCUT2D eigenvalue weighted by molar-refractivity contribution is 5.71. The van der Waals surface area contributed by atoms with E-state index in [1.807, 2.05) is 0 Å². The molecule has 0 aliphatic carbocycles. The zero-order valence-corrected chi connectivity index (χ0v) is 38.3. The van der Waals surface area contributed by atoms with Gasteiger partial charge in [-0.15, -0.1) is 0 Å². The molecule has 1 atom stereocenters. The predicted octanol–water partition coefficient (Wildman–Crippen LogP) is 15.8. The summed E-state index contributed by atoms with van der Waals surface area (Å²) in [5.74, 6) is 0.805. The summed E-state index contributed by atoms with van der Waals surface area (Å²) in [5.41, 5.74) is 0. The molecule has 0 spiro atoms. The Hall–Kier alpha value is -1.59. The van der Waals surface area contributed by atoms with Gasteiger partial charge in [-0.05, 0) is 31.1 Å². The fraction of sp³-hybridized carbons (Fsp3) is 0.940. The number of esters is 3. The Bertz CT molecular complexity index is 854. The maximum absolute atomic E-state index is 12.7. The summed E-state index contributed by atoms with van der Waals surface area (Å²) in [4.78, 5) is 37.8. The third kappa shape index (κ3) is 43.5. The van der Waals surface area contributed by atoms with Gasteiger partial charge in [-0.3, -0.25) is 14.4 Å². The third-order valence-electron chi connectivity index (χ3n) is 11.2. The Morgan fingerprint density at radius 3 is 0.875 bits per heavy atom. The van der Waals surface area contributed by atoms with Crippen LogP contribution in [0.15, 0.2) is 0 Å². The van der Waals surface area contributed by atoms with Crippen LogP contribution in [0.3, 0.4) is 0 Å². The fourth-order valence-electron chi connectivity index (χ4n) is 7.46. The number of ether oxygens (including phenoxy) is 3. The Labute approximate surface area is 348 Å². The van der Waals surface area contributed by atoms with Gasteiger partial charge in [0.05, 0.1) is 0 Å². The van der Waals surface area contributed by atoms with Gasteiger partial charge in [-0.1, -0.05) is 234 Å². The SMILES string of the molecule is CCCCCCCCCCCC(=O)OC[C@@H](COC(=O)CCCCCCCCCCCCCC(C)C)OC(=O)CCCCCCCCCCCCCCC(C)C. The molecule has 0 aromatic heterocycles. The van der Waals surface area contributed by atoms with E-state index < -0.39 is 6.10 Å². The van der Waals surface area contributed by atoms with Crippen molar-refractivity contribution in [1.29, 1.82) is 0 Å². The van der Waals surface area contributed by atoms with Crippen LogP contribution in [0.1, 0.15) is 272 Å². The van der Waals surface area contributed by atoms with Crippen LogP contribution in [-0.4, -0.2) is 37.2 Å². The number of hydrogen-bond donors (Lipinski definition) is 0. The predicted molar refractivity (Wildman–Crippen MR) is 238 cm³/mol. The van der Waals surface area contributed by atoms with E-state index in [4.69, 9.17) is 14.2 Å². The van der Waals surface area contributed by atoms with Crippen LogP contribution in [0.5, 0.6) is 0 Å². The van der Waals surface area contributed by atoms with Gasteiger partial charge in [-0.25, -0.2) is 0 Å². The minimum absolute atomic E-state index is 0.0642. The molecule has 56 heavy (non-hydrogen) atoms. The molecule has 0 bridgehead atoms. The molecule has 0 saturated heterocycles. The normalized spacial score (nSPS) is 12.1. The summed E-state index contributed by atoms with van der Waals surface area (Å²) in [6, 6.07) is 0. The van der Waals surface area contributed by atoms with Gasteiger partial charge in [0.2, 0.25) is 0 Å². The first-order valence-electron chi connectivity index (χ1n) is 24.7. The molecule has 0 fully saturated rings. The Morgan fingerprint density at radius 1 is 0.339 bits per heavy atom. The molecule has 0 unspecified atom stereocenters. The molecule has 332 valence electrons. The van der Waals surface area contributed by atoms with Gasteiger partial charge >= 0.3 is 17.9 Å². The topological polar surface area (TPSA) is 78.9 Å². The summed E-state index contributed by atoms with van der Waals surface area (Å²) < 4.78 is 16.8. The fourth-order valence-corrected chi connectivity index (χ4v) is 7.46. The Morgan fingerprint density at radius 2 is 0.589 bits per heavy atom. The zero-order valence-electron chi connectivity index (χ0n) is 38.3. The van der Waals surface area contributed by atoms with Crippen molar-refractivity contribution in [3.63, 3.8) is 0 Å². The molecule has 0 aliphatic rings. The van der Waals surface area contributed by atoms with Crippen LogP contribution in [0.2, 0.25) is 0 Å². The van der Waals surface area contributed by atoms with Gasteiger partial charge < -0.3 is 14.2 Å². The zero-order chi connectivity index (χ0) is 41.2. The average Bonchev–Trinajstić information content (AvgIpc) is 3.16. The van der Waals surface area contributed by atoms with Gasteiger partial charge in [0.15, 0.2) is 6.10 Å². The maximum Gasteiger partial charge on any atom is 0.306 e. The van der Waals surface area contributed by atoms with Crippen molar-refractivity contribution in [2.75, 3.05) is 13.2 Å². The first kappa shape index (κ1) is 54.4. The van der Waals surface area contributed by atoms with Gasteiger partial charge in [0, 0.05) is 19.3 Å². The summed E-state index contributed by atoms with van der Waals surface area (Å²) in [6.07, 6.45) is 42.3. The molecule has 0 N–H and O–H groups in total. The van der Waals surface area contributed by atoms with Gasteiger partial charge in [-0.2, -0.15) is 0 Å². The molecule has 0 radical (unpaired) electrons. The van der Waals surface area contributed by atoms with Crippen LogP contribution >= 0.6 is 0 Å². The van der Waals surface area contributed by atoms with E-state index in [0.29, 0.717) is 19.3 Å². The smallest absolute Gasteiger partial charge is 0.306 e. The standard InChI is InChI=1S/C50H96O6/c1-6-7-8-9-10-18-25-30-35-40-48(51)54-43-47(44-55-49(52)41-36-31-26-21-17-13-15-20-24-29-34-39-46(4)5)56-50(53)42-37-32-27-22-16-12-11-14-19-23-28-33-38-45(2)3/h45-47H,6-44H2,1-5H3/t47-/m0/s1. The van der Waals surface area contributed by atoms with Crippen LogP contribution in [0, 0.1) is 11.8 Å². The Balaban J connectivity index is 4.29. The molecule has 0 aromatic rings. The van der Waals surface area contributed by atoms with E-state index in [1.54, 1.807) is 0 Å². The van der Waals surface area contributed by atoms with E-state index in [-0.39, 0.29) is 31.1 Å². The molecule has 0 rings (SSSR count). The highest BCUT2D eigenvalue weighted by atomic mass is 16.6. The first-order chi connectivity index (χ1) is 27.2. The third-order valence-corrected chi connectivity index (χ3v) is 11.2. The lowest BCUT2D eigenvalue weighted by atomic mass is 10.0. The van der Waals surface area contributed by atoms with E-state index in [0.717, 1.165) is 69.6 Å². The molecule has 0 saturated carbocycles. The lowest BCUT2D eigenvalue weighted by Crippen LogP contribution is -2.30. The molecule has 0 amide bonds. The number of unbranched alkanes of at least 4 members (excludes halogenated alkanes) is 29. The van der Waals surface area contributed by atoms with Crippen LogP contribution < -0.4 is 0 Å². The number of carbonyl (C=O) groups excluding carboxylic acids is 3. The van der Waals surface area contributed by atoms with E-state index in [2.05, 4.69) is 34.6 Å². The minimum atomic E-state index is -0.760. The molecule has 6 heteroatoms. The summed E-state index contributed by atoms with van der Waals surface area (Å²) in [7, 11) is 0. The van der Waals surface area contributed by atoms with Crippen molar-refractivity contribution in [3.8, 4) is 0 Å². The first-order valence-corrected chi connectivity index (χ1v) is 24.7. The highest BCUT2D eigenvalue weighted by Crippen LogP contribution is 2.17. The molecular formula is C50H96O6. The summed E-state index contributed by atoms with van der Waals surface area (Å²) in [5, 5.41) is 0. The quantitative estimate of drug-likeness (QED) is 0.0347. The van der Waals surface area contributed by atoms with Crippen molar-refractivity contribution < 1.29 is 28.6 Å². The monoisotopic (exact) mass is 793 g/mol. The molecule has 0 aromatic carbocycles. The molecule has 0 heterocycles. The van der Waals surface area contributed by atoms with E-state index in [1.165, 1.54) is 161 Å². The average molecular weight is 793 g/mol. The lowest BCUT2D eigenvalue weighted by molar-refractivity contribution is -0.167. The van der Waals surface area contributed by atoms with Gasteiger partial charge in [0.25, 0.3) is 0 Å². The van der Waals surface area contributed by atoms with Gasteiger partial charge in [0.1, 0.15) is 13.2 Å². The highest BCUT2D eigenvalue weighted by Gasteiger charge is 2.19. The lowest BCUT2D eigenvalue weighted by Gasteiger charge is -2.18. The molecule has 0 aliphatic heterocycles. The number of rotatable bonds is 44. The molecule has 6 nitrogen and oxygen atoms in total. The largest absolute Gasteiger partial charge is 0.462 e.